The summed E-state index contributed by atoms with van der Waals surface area (Å²) >= 11 is 0. The number of benzene rings is 3. The van der Waals surface area contributed by atoms with Crippen LogP contribution in [0.5, 0.6) is 5.75 Å². The molecule has 0 heterocycles. The summed E-state index contributed by atoms with van der Waals surface area (Å²) in [7, 11) is 1.37. The van der Waals surface area contributed by atoms with Crippen LogP contribution in [0.1, 0.15) is 58.2 Å². The van der Waals surface area contributed by atoms with Crippen LogP contribution in [0, 0.1) is 0 Å². The van der Waals surface area contributed by atoms with Gasteiger partial charge in [0.1, 0.15) is 18.0 Å². The zero-order valence-corrected chi connectivity index (χ0v) is 19.6. The Labute approximate surface area is 195 Å². The number of hydrogen-bond acceptors (Lipinski definition) is 5. The van der Waals surface area contributed by atoms with Crippen LogP contribution < -0.4 is 4.74 Å². The fraction of sp³-hybridized carbons (Fsp3) is 0.286. The minimum Gasteiger partial charge on any atom is -0.489 e. The molecule has 0 aliphatic heterocycles. The monoisotopic (exact) mass is 446 g/mol. The molecule has 0 saturated carbocycles. The smallest absolute Gasteiger partial charge is 0.338 e. The van der Waals surface area contributed by atoms with Crippen LogP contribution in [0.15, 0.2) is 72.8 Å². The number of aryl methyl sites for hydroxylation is 2. The van der Waals surface area contributed by atoms with Gasteiger partial charge in [-0.25, -0.2) is 9.59 Å². The third-order valence-corrected chi connectivity index (χ3v) is 4.99. The van der Waals surface area contributed by atoms with Crippen molar-refractivity contribution >= 4 is 11.9 Å². The highest BCUT2D eigenvalue weighted by molar-refractivity contribution is 5.90. The summed E-state index contributed by atoms with van der Waals surface area (Å²) < 4.78 is 16.4. The zero-order valence-electron chi connectivity index (χ0n) is 19.6. The summed E-state index contributed by atoms with van der Waals surface area (Å²) in [6.45, 7) is 5.86. The molecule has 3 aromatic carbocycles. The van der Waals surface area contributed by atoms with Gasteiger partial charge < -0.3 is 14.2 Å². The number of ether oxygens (including phenoxy) is 3. The van der Waals surface area contributed by atoms with E-state index in [0.29, 0.717) is 17.7 Å². The molecule has 172 valence electrons. The Hall–Kier alpha value is -3.60. The summed E-state index contributed by atoms with van der Waals surface area (Å²) in [5.41, 5.74) is 3.53. The van der Waals surface area contributed by atoms with Crippen LogP contribution in [0.3, 0.4) is 0 Å². The molecule has 0 bridgehead atoms. The standard InChI is InChI=1S/C28H30O5/c1-28(2,3)33-27(30)22-13-11-21(12-14-22)19-32-25-17-16-24(26(29)31-4)18-23(25)15-10-20-8-6-5-7-9-20/h5-9,11-14,16-18H,10,15,19H2,1-4H3. The van der Waals surface area contributed by atoms with E-state index in [1.165, 1.54) is 12.7 Å². The molecule has 3 rings (SSSR count). The lowest BCUT2D eigenvalue weighted by Crippen LogP contribution is -2.23. The van der Waals surface area contributed by atoms with E-state index in [2.05, 4.69) is 12.1 Å². The molecule has 0 radical (unpaired) electrons. The van der Waals surface area contributed by atoms with E-state index in [1.54, 1.807) is 18.2 Å². The van der Waals surface area contributed by atoms with Gasteiger partial charge in [0, 0.05) is 0 Å². The molecule has 0 atom stereocenters. The number of carbonyl (C=O) groups is 2. The van der Waals surface area contributed by atoms with Crippen molar-refractivity contribution in [3.05, 3.63) is 101 Å². The van der Waals surface area contributed by atoms with E-state index in [1.807, 2.05) is 63.2 Å². The molecule has 3 aromatic rings. The summed E-state index contributed by atoms with van der Waals surface area (Å²) in [5.74, 6) is -0.00777. The van der Waals surface area contributed by atoms with Crippen LogP contribution in [0.4, 0.5) is 0 Å². The zero-order chi connectivity index (χ0) is 23.8. The summed E-state index contributed by atoms with van der Waals surface area (Å²) in [5, 5.41) is 0. The van der Waals surface area contributed by atoms with Crippen molar-refractivity contribution in [2.75, 3.05) is 7.11 Å². The van der Waals surface area contributed by atoms with Gasteiger partial charge in [-0.15, -0.1) is 0 Å². The fourth-order valence-electron chi connectivity index (χ4n) is 3.32. The van der Waals surface area contributed by atoms with Crippen LogP contribution >= 0.6 is 0 Å². The molecule has 5 heteroatoms. The van der Waals surface area contributed by atoms with Crippen molar-refractivity contribution in [3.63, 3.8) is 0 Å². The first kappa shape index (κ1) is 24.1. The summed E-state index contributed by atoms with van der Waals surface area (Å²) in [6.07, 6.45) is 1.55. The van der Waals surface area contributed by atoms with Gasteiger partial charge in [-0.1, -0.05) is 42.5 Å². The van der Waals surface area contributed by atoms with Crippen LogP contribution in [-0.4, -0.2) is 24.6 Å². The average Bonchev–Trinajstić information content (AvgIpc) is 2.81. The van der Waals surface area contributed by atoms with Gasteiger partial charge in [0.15, 0.2) is 0 Å². The molecular formula is C28H30O5. The van der Waals surface area contributed by atoms with Crippen LogP contribution in [0.2, 0.25) is 0 Å². The highest BCUT2D eigenvalue weighted by Gasteiger charge is 2.18. The van der Waals surface area contributed by atoms with E-state index >= 15 is 0 Å². The Morgan fingerprint density at radius 1 is 0.758 bits per heavy atom. The first-order valence-corrected chi connectivity index (χ1v) is 11.0. The predicted molar refractivity (Wildman–Crippen MR) is 128 cm³/mol. The Balaban J connectivity index is 1.71. The highest BCUT2D eigenvalue weighted by atomic mass is 16.6. The number of esters is 2. The van der Waals surface area contributed by atoms with Crippen molar-refractivity contribution in [3.8, 4) is 5.75 Å². The molecule has 0 aliphatic rings. The predicted octanol–water partition coefficient (Wildman–Crippen LogP) is 5.79. The van der Waals surface area contributed by atoms with Gasteiger partial charge >= 0.3 is 11.9 Å². The topological polar surface area (TPSA) is 61.8 Å². The Morgan fingerprint density at radius 2 is 1.42 bits per heavy atom. The van der Waals surface area contributed by atoms with Gasteiger partial charge in [-0.05, 0) is 80.6 Å². The quantitative estimate of drug-likeness (QED) is 0.410. The second-order valence-corrected chi connectivity index (χ2v) is 8.79. The first-order chi connectivity index (χ1) is 15.7. The fourth-order valence-corrected chi connectivity index (χ4v) is 3.32. The molecule has 0 fully saturated rings. The van der Waals surface area contributed by atoms with Crippen molar-refractivity contribution in [2.24, 2.45) is 0 Å². The average molecular weight is 447 g/mol. The lowest BCUT2D eigenvalue weighted by Gasteiger charge is -2.19. The maximum Gasteiger partial charge on any atom is 0.338 e. The first-order valence-electron chi connectivity index (χ1n) is 11.0. The minimum atomic E-state index is -0.536. The lowest BCUT2D eigenvalue weighted by molar-refractivity contribution is 0.00692. The molecule has 0 amide bonds. The number of hydrogen-bond donors (Lipinski definition) is 0. The number of methoxy groups -OCH3 is 1. The SMILES string of the molecule is COC(=O)c1ccc(OCc2ccc(C(=O)OC(C)(C)C)cc2)c(CCc2ccccc2)c1. The molecule has 5 nitrogen and oxygen atoms in total. The highest BCUT2D eigenvalue weighted by Crippen LogP contribution is 2.24. The number of carbonyl (C=O) groups excluding carboxylic acids is 2. The van der Waals surface area contributed by atoms with Gasteiger partial charge in [-0.2, -0.15) is 0 Å². The second-order valence-electron chi connectivity index (χ2n) is 8.79. The minimum absolute atomic E-state index is 0.338. The Morgan fingerprint density at radius 3 is 2.06 bits per heavy atom. The molecule has 33 heavy (non-hydrogen) atoms. The lowest BCUT2D eigenvalue weighted by atomic mass is 10.0. The number of rotatable bonds is 8. The van der Waals surface area contributed by atoms with Crippen molar-refractivity contribution in [2.45, 2.75) is 45.8 Å². The molecular weight excluding hydrogens is 416 g/mol. The van der Waals surface area contributed by atoms with Crippen molar-refractivity contribution < 1.29 is 23.8 Å². The van der Waals surface area contributed by atoms with Crippen molar-refractivity contribution in [1.82, 2.24) is 0 Å². The molecule has 0 unspecified atom stereocenters. The van der Waals surface area contributed by atoms with E-state index < -0.39 is 5.60 Å². The summed E-state index contributed by atoms with van der Waals surface area (Å²) in [6, 6.07) is 22.7. The maximum atomic E-state index is 12.2. The van der Waals surface area contributed by atoms with E-state index in [0.717, 1.165) is 29.7 Å². The van der Waals surface area contributed by atoms with E-state index in [4.69, 9.17) is 14.2 Å². The molecule has 0 N–H and O–H groups in total. The Bertz CT molecular complexity index is 1080. The Kier molecular flexibility index (Phi) is 7.88. The third-order valence-electron chi connectivity index (χ3n) is 4.99. The van der Waals surface area contributed by atoms with E-state index in [9.17, 15) is 9.59 Å². The summed E-state index contributed by atoms with van der Waals surface area (Å²) in [4.78, 5) is 24.2. The maximum absolute atomic E-state index is 12.2. The van der Waals surface area contributed by atoms with Crippen molar-refractivity contribution in [1.29, 1.82) is 0 Å². The molecule has 0 saturated heterocycles. The van der Waals surface area contributed by atoms with Gasteiger partial charge in [0.2, 0.25) is 0 Å². The van der Waals surface area contributed by atoms with Crippen LogP contribution in [0.25, 0.3) is 0 Å². The molecule has 0 aromatic heterocycles. The largest absolute Gasteiger partial charge is 0.489 e. The van der Waals surface area contributed by atoms with Gasteiger partial charge in [0.05, 0.1) is 18.2 Å². The second kappa shape index (κ2) is 10.8. The third kappa shape index (κ3) is 7.21. The van der Waals surface area contributed by atoms with Crippen LogP contribution in [-0.2, 0) is 28.9 Å². The van der Waals surface area contributed by atoms with E-state index in [-0.39, 0.29) is 11.9 Å². The van der Waals surface area contributed by atoms with Gasteiger partial charge in [0.25, 0.3) is 0 Å². The molecule has 0 spiro atoms. The normalized spacial score (nSPS) is 11.0. The molecule has 0 aliphatic carbocycles. The van der Waals surface area contributed by atoms with Gasteiger partial charge in [-0.3, -0.25) is 0 Å².